The van der Waals surface area contributed by atoms with Gasteiger partial charge in [0.1, 0.15) is 0 Å². The molecule has 3 nitrogen and oxygen atoms in total. The lowest BCUT2D eigenvalue weighted by atomic mass is 10.2. The van der Waals surface area contributed by atoms with Gasteiger partial charge in [-0.05, 0) is 36.4 Å². The number of fused-ring (bicyclic) bond motifs is 1. The molecule has 0 radical (unpaired) electrons. The van der Waals surface area contributed by atoms with Gasteiger partial charge < -0.3 is 10.1 Å². The van der Waals surface area contributed by atoms with E-state index < -0.39 is 0 Å². The van der Waals surface area contributed by atoms with Crippen LogP contribution >= 0.6 is 34.8 Å². The molecule has 0 fully saturated rings. The van der Waals surface area contributed by atoms with E-state index in [0.29, 0.717) is 26.3 Å². The highest BCUT2D eigenvalue weighted by Gasteiger charge is 2.09. The van der Waals surface area contributed by atoms with Crippen LogP contribution < -0.4 is 0 Å². The fourth-order valence-electron chi connectivity index (χ4n) is 2.05. The minimum absolute atomic E-state index is 0.0316. The van der Waals surface area contributed by atoms with Gasteiger partial charge in [-0.1, -0.05) is 34.8 Å². The summed E-state index contributed by atoms with van der Waals surface area (Å²) in [6, 6.07) is 10.3. The third-order valence-electron chi connectivity index (χ3n) is 2.97. The number of hydrogen-bond donors (Lipinski definition) is 2. The number of hydrogen-bond acceptors (Lipinski definition) is 2. The molecule has 3 rings (SSSR count). The summed E-state index contributed by atoms with van der Waals surface area (Å²) in [6.07, 6.45) is 1.55. The topological polar surface area (TPSA) is 48.4 Å². The van der Waals surface area contributed by atoms with Crippen LogP contribution in [-0.4, -0.2) is 16.3 Å². The van der Waals surface area contributed by atoms with Crippen molar-refractivity contribution in [1.82, 2.24) is 4.98 Å². The first-order valence-electron chi connectivity index (χ1n) is 6.03. The van der Waals surface area contributed by atoms with Crippen molar-refractivity contribution in [1.29, 1.82) is 0 Å². The van der Waals surface area contributed by atoms with Crippen molar-refractivity contribution in [2.75, 3.05) is 0 Å². The predicted molar refractivity (Wildman–Crippen MR) is 88.7 cm³/mol. The molecule has 21 heavy (non-hydrogen) atoms. The highest BCUT2D eigenvalue weighted by atomic mass is 35.5. The Morgan fingerprint density at radius 1 is 0.952 bits per heavy atom. The minimum atomic E-state index is 0.0316. The monoisotopic (exact) mass is 338 g/mol. The minimum Gasteiger partial charge on any atom is -0.494 e. The first-order valence-corrected chi connectivity index (χ1v) is 7.17. The van der Waals surface area contributed by atoms with Gasteiger partial charge in [0.2, 0.25) is 0 Å². The Morgan fingerprint density at radius 2 is 1.67 bits per heavy atom. The molecule has 0 saturated heterocycles. The molecule has 2 aromatic carbocycles. The number of aliphatic imine (C=N–C) groups is 1. The van der Waals surface area contributed by atoms with Crippen LogP contribution in [0.3, 0.4) is 0 Å². The average molecular weight is 340 g/mol. The number of nitrogens with one attached hydrogen (secondary N) is 1. The standard InChI is InChI=1S/C15H9Cl3N2O/c16-8-1-2-14-12(6-8)13(15(21)20-14)7-19-11-4-9(17)3-10(18)5-11/h1-7,20-21H. The molecule has 0 aliphatic rings. The molecular formula is C15H9Cl3N2O. The zero-order valence-corrected chi connectivity index (χ0v) is 12.8. The number of rotatable bonds is 2. The second-order valence-electron chi connectivity index (χ2n) is 4.46. The van der Waals surface area contributed by atoms with Crippen LogP contribution in [0.15, 0.2) is 41.4 Å². The summed E-state index contributed by atoms with van der Waals surface area (Å²) in [5.41, 5.74) is 1.94. The van der Waals surface area contributed by atoms with Crippen LogP contribution in [0.25, 0.3) is 10.9 Å². The van der Waals surface area contributed by atoms with Gasteiger partial charge in [0.25, 0.3) is 0 Å². The number of aromatic amines is 1. The van der Waals surface area contributed by atoms with Gasteiger partial charge in [-0.2, -0.15) is 0 Å². The third-order valence-corrected chi connectivity index (χ3v) is 3.64. The fraction of sp³-hybridized carbons (Fsp3) is 0. The Hall–Kier alpha value is -1.68. The summed E-state index contributed by atoms with van der Waals surface area (Å²) in [5, 5.41) is 12.3. The van der Waals surface area contributed by atoms with Gasteiger partial charge in [0.15, 0.2) is 5.88 Å². The van der Waals surface area contributed by atoms with Crippen LogP contribution in [0.4, 0.5) is 5.69 Å². The summed E-state index contributed by atoms with van der Waals surface area (Å²) < 4.78 is 0. The summed E-state index contributed by atoms with van der Waals surface area (Å²) >= 11 is 17.8. The van der Waals surface area contributed by atoms with Gasteiger partial charge in [-0.15, -0.1) is 0 Å². The van der Waals surface area contributed by atoms with E-state index in [2.05, 4.69) is 9.98 Å². The van der Waals surface area contributed by atoms with Crippen molar-refractivity contribution in [3.05, 3.63) is 57.0 Å². The lowest BCUT2D eigenvalue weighted by Gasteiger charge is -1.97. The number of H-pyrrole nitrogens is 1. The molecule has 0 aliphatic carbocycles. The number of benzene rings is 2. The molecule has 0 unspecified atom stereocenters. The molecular weight excluding hydrogens is 331 g/mol. The molecule has 0 atom stereocenters. The smallest absolute Gasteiger partial charge is 0.198 e. The van der Waals surface area contributed by atoms with Crippen molar-refractivity contribution in [2.45, 2.75) is 0 Å². The Bertz CT molecular complexity index is 835. The summed E-state index contributed by atoms with van der Waals surface area (Å²) in [5.74, 6) is 0.0316. The van der Waals surface area contributed by atoms with E-state index in [1.165, 1.54) is 0 Å². The second-order valence-corrected chi connectivity index (χ2v) is 5.77. The molecule has 0 saturated carbocycles. The van der Waals surface area contributed by atoms with E-state index in [-0.39, 0.29) is 5.88 Å². The molecule has 0 bridgehead atoms. The highest BCUT2D eigenvalue weighted by Crippen LogP contribution is 2.29. The molecule has 2 N–H and O–H groups in total. The zero-order valence-electron chi connectivity index (χ0n) is 10.6. The first kappa shape index (κ1) is 14.3. The normalized spacial score (nSPS) is 11.6. The third kappa shape index (κ3) is 3.00. The van der Waals surface area contributed by atoms with E-state index in [1.807, 2.05) is 0 Å². The van der Waals surface area contributed by atoms with Crippen molar-refractivity contribution in [3.63, 3.8) is 0 Å². The maximum Gasteiger partial charge on any atom is 0.198 e. The SMILES string of the molecule is Oc1[nH]c2ccc(Cl)cc2c1C=Nc1cc(Cl)cc(Cl)c1. The van der Waals surface area contributed by atoms with Gasteiger partial charge in [0.05, 0.1) is 11.3 Å². The molecule has 1 heterocycles. The molecule has 0 amide bonds. The summed E-state index contributed by atoms with van der Waals surface area (Å²) in [6.45, 7) is 0. The van der Waals surface area contributed by atoms with Crippen LogP contribution in [0.1, 0.15) is 5.56 Å². The number of halogens is 3. The molecule has 6 heteroatoms. The van der Waals surface area contributed by atoms with Crippen LogP contribution in [0.2, 0.25) is 15.1 Å². The van der Waals surface area contributed by atoms with Gasteiger partial charge >= 0.3 is 0 Å². The number of nitrogens with zero attached hydrogens (tertiary/aromatic N) is 1. The van der Waals surface area contributed by atoms with E-state index in [1.54, 1.807) is 42.6 Å². The Balaban J connectivity index is 2.06. The zero-order chi connectivity index (χ0) is 15.0. The second kappa shape index (κ2) is 5.60. The molecule has 0 aliphatic heterocycles. The molecule has 0 spiro atoms. The van der Waals surface area contributed by atoms with E-state index in [9.17, 15) is 5.11 Å². The van der Waals surface area contributed by atoms with Crippen LogP contribution in [-0.2, 0) is 0 Å². The van der Waals surface area contributed by atoms with Crippen molar-refractivity contribution >= 4 is 57.6 Å². The predicted octanol–water partition coefficient (Wildman–Crippen LogP) is 5.58. The van der Waals surface area contributed by atoms with Gasteiger partial charge in [-0.3, -0.25) is 4.99 Å². The Morgan fingerprint density at radius 3 is 2.38 bits per heavy atom. The lowest BCUT2D eigenvalue weighted by molar-refractivity contribution is 0.457. The van der Waals surface area contributed by atoms with Gasteiger partial charge in [0, 0.05) is 32.2 Å². The maximum absolute atomic E-state index is 9.97. The van der Waals surface area contributed by atoms with Crippen molar-refractivity contribution in [3.8, 4) is 5.88 Å². The molecule has 1 aromatic heterocycles. The average Bonchev–Trinajstić information content (AvgIpc) is 2.70. The summed E-state index contributed by atoms with van der Waals surface area (Å²) in [7, 11) is 0. The van der Waals surface area contributed by atoms with E-state index in [4.69, 9.17) is 34.8 Å². The largest absolute Gasteiger partial charge is 0.494 e. The molecule has 106 valence electrons. The first-order chi connectivity index (χ1) is 10.0. The Kier molecular flexibility index (Phi) is 3.81. The number of aromatic hydroxyl groups is 1. The van der Waals surface area contributed by atoms with Crippen molar-refractivity contribution in [2.24, 2.45) is 4.99 Å². The number of aromatic nitrogens is 1. The highest BCUT2D eigenvalue weighted by molar-refractivity contribution is 6.35. The van der Waals surface area contributed by atoms with Crippen molar-refractivity contribution < 1.29 is 5.11 Å². The van der Waals surface area contributed by atoms with E-state index in [0.717, 1.165) is 10.9 Å². The quantitative estimate of drug-likeness (QED) is 0.588. The summed E-state index contributed by atoms with van der Waals surface area (Å²) in [4.78, 5) is 7.16. The lowest BCUT2D eigenvalue weighted by Crippen LogP contribution is -1.79. The Labute approximate surface area is 135 Å². The fourth-order valence-corrected chi connectivity index (χ4v) is 2.74. The van der Waals surface area contributed by atoms with Crippen LogP contribution in [0.5, 0.6) is 5.88 Å². The van der Waals surface area contributed by atoms with Gasteiger partial charge in [-0.25, -0.2) is 0 Å². The van der Waals surface area contributed by atoms with Crippen LogP contribution in [0, 0.1) is 0 Å². The molecule has 3 aromatic rings. The van der Waals surface area contributed by atoms with E-state index >= 15 is 0 Å². The maximum atomic E-state index is 9.97.